The van der Waals surface area contributed by atoms with Crippen molar-refractivity contribution >= 4 is 41.5 Å². The Hall–Kier alpha value is -2.31. The highest BCUT2D eigenvalue weighted by Gasteiger charge is 2.04. The number of methoxy groups -OCH3 is 1. The van der Waals surface area contributed by atoms with Crippen molar-refractivity contribution in [3.63, 3.8) is 0 Å². The molecule has 7 heteroatoms. The maximum Gasteiger partial charge on any atom is 0.337 e. The van der Waals surface area contributed by atoms with Crippen LogP contribution < -0.4 is 5.43 Å². The first kappa shape index (κ1) is 19.0. The van der Waals surface area contributed by atoms with Crippen LogP contribution in [0.15, 0.2) is 53.6 Å². The molecule has 1 N–H and O–H groups in total. The zero-order chi connectivity index (χ0) is 18.1. The second-order valence-corrected chi connectivity index (χ2v) is 6.38. The predicted octanol–water partition coefficient (Wildman–Crippen LogP) is 3.51. The molecule has 0 aromatic heterocycles. The summed E-state index contributed by atoms with van der Waals surface area (Å²) in [5.74, 6) is 0.349. The summed E-state index contributed by atoms with van der Waals surface area (Å²) in [5.41, 5.74) is 4.68. The third-order valence-corrected chi connectivity index (χ3v) is 4.53. The van der Waals surface area contributed by atoms with Crippen molar-refractivity contribution < 1.29 is 14.3 Å². The minimum atomic E-state index is -0.396. The molecule has 25 heavy (non-hydrogen) atoms. The Kier molecular flexibility index (Phi) is 7.50. The first-order valence-corrected chi connectivity index (χ1v) is 8.95. The van der Waals surface area contributed by atoms with Crippen LogP contribution in [0.2, 0.25) is 5.02 Å². The summed E-state index contributed by atoms with van der Waals surface area (Å²) < 4.78 is 4.63. The standard InChI is InChI=1S/C18H17ClN2O3S/c1-24-18(23)14-8-6-13(7-9-14)10-20-21-17(22)12-25-11-15-4-2-3-5-16(15)19/h2-10H,11-12H2,1H3,(H,21,22)/b20-10-. The Morgan fingerprint density at radius 1 is 1.20 bits per heavy atom. The van der Waals surface area contributed by atoms with Crippen molar-refractivity contribution in [3.05, 3.63) is 70.2 Å². The fourth-order valence-corrected chi connectivity index (χ4v) is 3.01. The Labute approximate surface area is 155 Å². The summed E-state index contributed by atoms with van der Waals surface area (Å²) in [6.45, 7) is 0. The molecule has 0 aliphatic carbocycles. The number of esters is 1. The molecule has 2 aromatic rings. The minimum absolute atomic E-state index is 0.195. The topological polar surface area (TPSA) is 67.8 Å². The van der Waals surface area contributed by atoms with Gasteiger partial charge in [0.25, 0.3) is 0 Å². The molecule has 0 saturated carbocycles. The van der Waals surface area contributed by atoms with Gasteiger partial charge in [-0.3, -0.25) is 4.79 Å². The molecule has 2 rings (SSSR count). The second-order valence-electron chi connectivity index (χ2n) is 4.99. The average molecular weight is 377 g/mol. The highest BCUT2D eigenvalue weighted by Crippen LogP contribution is 2.20. The molecule has 0 heterocycles. The van der Waals surface area contributed by atoms with Gasteiger partial charge in [0.05, 0.1) is 24.6 Å². The van der Waals surface area contributed by atoms with Crippen LogP contribution in [-0.4, -0.2) is 31.0 Å². The number of nitrogens with zero attached hydrogens (tertiary/aromatic N) is 1. The molecule has 0 unspecified atom stereocenters. The van der Waals surface area contributed by atoms with Gasteiger partial charge in [0.2, 0.25) is 5.91 Å². The molecule has 2 aromatic carbocycles. The van der Waals surface area contributed by atoms with Gasteiger partial charge in [-0.1, -0.05) is 41.9 Å². The molecule has 0 spiro atoms. The summed E-state index contributed by atoms with van der Waals surface area (Å²) in [6.07, 6.45) is 1.51. The monoisotopic (exact) mass is 376 g/mol. The van der Waals surface area contributed by atoms with E-state index in [-0.39, 0.29) is 11.7 Å². The summed E-state index contributed by atoms with van der Waals surface area (Å²) >= 11 is 7.53. The van der Waals surface area contributed by atoms with Crippen LogP contribution in [0.4, 0.5) is 0 Å². The van der Waals surface area contributed by atoms with Gasteiger partial charge < -0.3 is 4.74 Å². The predicted molar refractivity (Wildman–Crippen MR) is 101 cm³/mol. The number of benzene rings is 2. The van der Waals surface area contributed by atoms with E-state index in [2.05, 4.69) is 15.3 Å². The first-order chi connectivity index (χ1) is 12.1. The van der Waals surface area contributed by atoms with Crippen molar-refractivity contribution in [1.29, 1.82) is 0 Å². The molecule has 1 amide bonds. The Morgan fingerprint density at radius 3 is 2.60 bits per heavy atom. The quantitative estimate of drug-likeness (QED) is 0.456. The minimum Gasteiger partial charge on any atom is -0.465 e. The van der Waals surface area contributed by atoms with Crippen molar-refractivity contribution in [2.45, 2.75) is 5.75 Å². The molecule has 0 aliphatic rings. The summed E-state index contributed by atoms with van der Waals surface area (Å²) in [7, 11) is 1.33. The lowest BCUT2D eigenvalue weighted by atomic mass is 10.1. The number of amides is 1. The van der Waals surface area contributed by atoms with Crippen LogP contribution >= 0.6 is 23.4 Å². The van der Waals surface area contributed by atoms with Gasteiger partial charge in [-0.25, -0.2) is 10.2 Å². The zero-order valence-electron chi connectivity index (χ0n) is 13.6. The third-order valence-electron chi connectivity index (χ3n) is 3.18. The third kappa shape index (κ3) is 6.25. The van der Waals surface area contributed by atoms with E-state index in [1.165, 1.54) is 25.1 Å². The van der Waals surface area contributed by atoms with Crippen LogP contribution in [-0.2, 0) is 15.3 Å². The van der Waals surface area contributed by atoms with Crippen molar-refractivity contribution in [2.24, 2.45) is 5.10 Å². The number of hydrogen-bond acceptors (Lipinski definition) is 5. The number of thioether (sulfide) groups is 1. The lowest BCUT2D eigenvalue weighted by molar-refractivity contribution is -0.118. The molecule has 0 fully saturated rings. The van der Waals surface area contributed by atoms with Crippen molar-refractivity contribution in [2.75, 3.05) is 12.9 Å². The zero-order valence-corrected chi connectivity index (χ0v) is 15.1. The number of ether oxygens (including phenoxy) is 1. The van der Waals surface area contributed by atoms with Crippen molar-refractivity contribution in [1.82, 2.24) is 5.43 Å². The second kappa shape index (κ2) is 9.86. The maximum atomic E-state index is 11.8. The average Bonchev–Trinajstić information content (AvgIpc) is 2.63. The number of hydrazone groups is 1. The molecular formula is C18H17ClN2O3S. The molecule has 0 radical (unpaired) electrons. The van der Waals surface area contributed by atoms with Gasteiger partial charge in [-0.15, -0.1) is 11.8 Å². The smallest absolute Gasteiger partial charge is 0.337 e. The van der Waals surface area contributed by atoms with Crippen LogP contribution in [0.25, 0.3) is 0 Å². The van der Waals surface area contributed by atoms with E-state index in [1.807, 2.05) is 24.3 Å². The summed E-state index contributed by atoms with van der Waals surface area (Å²) in [4.78, 5) is 23.1. The molecule has 130 valence electrons. The van der Waals surface area contributed by atoms with Gasteiger partial charge in [-0.05, 0) is 29.3 Å². The van der Waals surface area contributed by atoms with E-state index in [0.29, 0.717) is 16.3 Å². The Bertz CT molecular complexity index is 763. The van der Waals surface area contributed by atoms with Gasteiger partial charge >= 0.3 is 5.97 Å². The van der Waals surface area contributed by atoms with Gasteiger partial charge in [0.15, 0.2) is 0 Å². The lowest BCUT2D eigenvalue weighted by Crippen LogP contribution is -2.19. The van der Waals surface area contributed by atoms with E-state index in [9.17, 15) is 9.59 Å². The van der Waals surface area contributed by atoms with Crippen LogP contribution in [0.3, 0.4) is 0 Å². The lowest BCUT2D eigenvalue weighted by Gasteiger charge is -2.03. The number of hydrogen-bond donors (Lipinski definition) is 1. The van der Waals surface area contributed by atoms with E-state index in [4.69, 9.17) is 11.6 Å². The van der Waals surface area contributed by atoms with Crippen LogP contribution in [0.5, 0.6) is 0 Å². The van der Waals surface area contributed by atoms with E-state index in [0.717, 1.165) is 11.1 Å². The largest absolute Gasteiger partial charge is 0.465 e. The molecular weight excluding hydrogens is 360 g/mol. The number of carbonyl (C=O) groups is 2. The number of halogens is 1. The van der Waals surface area contributed by atoms with Gasteiger partial charge in [0, 0.05) is 10.8 Å². The van der Waals surface area contributed by atoms with E-state index < -0.39 is 5.97 Å². The Balaban J connectivity index is 1.75. The fourth-order valence-electron chi connectivity index (χ4n) is 1.90. The summed E-state index contributed by atoms with van der Waals surface area (Å²) in [6, 6.07) is 14.2. The van der Waals surface area contributed by atoms with Crippen LogP contribution in [0.1, 0.15) is 21.5 Å². The molecule has 5 nitrogen and oxygen atoms in total. The maximum absolute atomic E-state index is 11.8. The van der Waals surface area contributed by atoms with E-state index >= 15 is 0 Å². The molecule has 0 aliphatic heterocycles. The molecule has 0 saturated heterocycles. The Morgan fingerprint density at radius 2 is 1.92 bits per heavy atom. The molecule has 0 bridgehead atoms. The fraction of sp³-hybridized carbons (Fsp3) is 0.167. The van der Waals surface area contributed by atoms with Crippen molar-refractivity contribution in [3.8, 4) is 0 Å². The number of nitrogens with one attached hydrogen (secondary N) is 1. The first-order valence-electron chi connectivity index (χ1n) is 7.41. The normalized spacial score (nSPS) is 10.6. The van der Waals surface area contributed by atoms with Gasteiger partial charge in [-0.2, -0.15) is 5.10 Å². The molecule has 0 atom stereocenters. The summed E-state index contributed by atoms with van der Waals surface area (Å²) in [5, 5.41) is 4.60. The van der Waals surface area contributed by atoms with Crippen LogP contribution in [0, 0.1) is 0 Å². The number of rotatable bonds is 7. The van der Waals surface area contributed by atoms with E-state index in [1.54, 1.807) is 24.3 Å². The SMILES string of the molecule is COC(=O)c1ccc(/C=N\NC(=O)CSCc2ccccc2Cl)cc1. The van der Waals surface area contributed by atoms with Gasteiger partial charge in [0.1, 0.15) is 0 Å². The number of carbonyl (C=O) groups excluding carboxylic acids is 2. The highest BCUT2D eigenvalue weighted by atomic mass is 35.5. The highest BCUT2D eigenvalue weighted by molar-refractivity contribution is 7.99.